The van der Waals surface area contributed by atoms with Crippen molar-refractivity contribution in [3.63, 3.8) is 0 Å². The van der Waals surface area contributed by atoms with Crippen LogP contribution in [0.4, 0.5) is 0 Å². The van der Waals surface area contributed by atoms with E-state index in [1.54, 1.807) is 0 Å². The van der Waals surface area contributed by atoms with Crippen molar-refractivity contribution in [3.05, 3.63) is 0 Å². The lowest BCUT2D eigenvalue weighted by Gasteiger charge is -2.42. The van der Waals surface area contributed by atoms with Gasteiger partial charge in [-0.1, -0.05) is 5.92 Å². The number of carboxylic acids is 1. The van der Waals surface area contributed by atoms with Crippen LogP contribution in [-0.4, -0.2) is 36.2 Å². The molecule has 4 nitrogen and oxygen atoms in total. The van der Waals surface area contributed by atoms with Gasteiger partial charge < -0.3 is 10.4 Å². The summed E-state index contributed by atoms with van der Waals surface area (Å²) < 4.78 is 0. The van der Waals surface area contributed by atoms with Gasteiger partial charge in [0.1, 0.15) is 0 Å². The molecule has 0 amide bonds. The summed E-state index contributed by atoms with van der Waals surface area (Å²) in [5.74, 6) is 1.64. The van der Waals surface area contributed by atoms with Crippen molar-refractivity contribution >= 4 is 5.97 Å². The minimum absolute atomic E-state index is 0.127. The van der Waals surface area contributed by atoms with E-state index >= 15 is 0 Å². The van der Waals surface area contributed by atoms with E-state index in [9.17, 15) is 4.79 Å². The molecule has 1 aliphatic rings. The molecule has 0 spiro atoms. The molecule has 0 radical (unpaired) electrons. The van der Waals surface area contributed by atoms with Crippen molar-refractivity contribution in [2.75, 3.05) is 19.6 Å². The zero-order valence-electron chi connectivity index (χ0n) is 6.76. The van der Waals surface area contributed by atoms with E-state index in [2.05, 4.69) is 16.6 Å². The number of carbonyl (C=O) groups is 1. The number of hydrogen-bond donors (Lipinski definition) is 3. The summed E-state index contributed by atoms with van der Waals surface area (Å²) in [6, 6.07) is 0. The molecule has 1 rings (SSSR count). The fourth-order valence-corrected chi connectivity index (χ4v) is 1.27. The average molecular weight is 168 g/mol. The van der Waals surface area contributed by atoms with Gasteiger partial charge in [-0.05, 0) is 0 Å². The third-order valence-corrected chi connectivity index (χ3v) is 1.98. The summed E-state index contributed by atoms with van der Waals surface area (Å²) in [4.78, 5) is 10.5. The summed E-state index contributed by atoms with van der Waals surface area (Å²) in [7, 11) is 0. The van der Waals surface area contributed by atoms with Crippen molar-refractivity contribution in [2.45, 2.75) is 12.0 Å². The highest BCUT2D eigenvalue weighted by atomic mass is 16.4. The van der Waals surface area contributed by atoms with Crippen molar-refractivity contribution in [1.82, 2.24) is 10.6 Å². The van der Waals surface area contributed by atoms with Gasteiger partial charge in [-0.2, -0.15) is 0 Å². The molecule has 66 valence electrons. The first-order chi connectivity index (χ1) is 5.68. The van der Waals surface area contributed by atoms with Crippen LogP contribution in [0, 0.1) is 12.3 Å². The monoisotopic (exact) mass is 168 g/mol. The van der Waals surface area contributed by atoms with Crippen LogP contribution in [0.15, 0.2) is 0 Å². The van der Waals surface area contributed by atoms with Gasteiger partial charge in [0.15, 0.2) is 0 Å². The highest BCUT2D eigenvalue weighted by Gasteiger charge is 2.38. The average Bonchev–Trinajstić information content (AvgIpc) is 1.94. The van der Waals surface area contributed by atoms with Gasteiger partial charge in [0.25, 0.3) is 0 Å². The van der Waals surface area contributed by atoms with E-state index in [0.29, 0.717) is 19.6 Å². The molecule has 12 heavy (non-hydrogen) atoms. The van der Waals surface area contributed by atoms with E-state index in [-0.39, 0.29) is 12.0 Å². The zero-order chi connectivity index (χ0) is 9.03. The molecule has 1 aliphatic heterocycles. The summed E-state index contributed by atoms with van der Waals surface area (Å²) in [5, 5.41) is 14.7. The van der Waals surface area contributed by atoms with E-state index < -0.39 is 5.97 Å². The number of hydrogen-bond acceptors (Lipinski definition) is 3. The molecule has 0 aromatic carbocycles. The predicted molar refractivity (Wildman–Crippen MR) is 44.7 cm³/mol. The van der Waals surface area contributed by atoms with Crippen molar-refractivity contribution in [2.24, 2.45) is 0 Å². The molecule has 1 heterocycles. The minimum atomic E-state index is -0.791. The first-order valence-electron chi connectivity index (χ1n) is 3.79. The van der Waals surface area contributed by atoms with Crippen LogP contribution in [0.25, 0.3) is 0 Å². The number of carboxylic acid groups (broad SMARTS) is 1. The van der Waals surface area contributed by atoms with Crippen LogP contribution in [0.3, 0.4) is 0 Å². The lowest BCUT2D eigenvalue weighted by Crippen LogP contribution is -2.68. The quantitative estimate of drug-likeness (QED) is 0.472. The highest BCUT2D eigenvalue weighted by Crippen LogP contribution is 2.15. The maximum absolute atomic E-state index is 10.5. The second-order valence-electron chi connectivity index (χ2n) is 3.01. The molecule has 0 bridgehead atoms. The lowest BCUT2D eigenvalue weighted by molar-refractivity contribution is -0.139. The van der Waals surface area contributed by atoms with Gasteiger partial charge in [0.05, 0.1) is 18.5 Å². The normalized spacial score (nSPS) is 19.2. The molecular formula is C8H12N2O2. The molecule has 1 fully saturated rings. The van der Waals surface area contributed by atoms with Gasteiger partial charge in [0, 0.05) is 13.1 Å². The van der Waals surface area contributed by atoms with Gasteiger partial charge in [-0.3, -0.25) is 10.1 Å². The Morgan fingerprint density at radius 1 is 1.75 bits per heavy atom. The number of aliphatic carboxylic acids is 1. The smallest absolute Gasteiger partial charge is 0.305 e. The SMILES string of the molecule is C#CCNC1(CC(=O)O)CNC1. The van der Waals surface area contributed by atoms with Gasteiger partial charge in [0.2, 0.25) is 0 Å². The van der Waals surface area contributed by atoms with Crippen LogP contribution in [0.2, 0.25) is 0 Å². The highest BCUT2D eigenvalue weighted by molar-refractivity contribution is 5.68. The second-order valence-corrected chi connectivity index (χ2v) is 3.01. The van der Waals surface area contributed by atoms with Crippen molar-refractivity contribution in [1.29, 1.82) is 0 Å². The summed E-state index contributed by atoms with van der Waals surface area (Å²) in [5.41, 5.74) is -0.307. The maximum Gasteiger partial charge on any atom is 0.305 e. The fraction of sp³-hybridized carbons (Fsp3) is 0.625. The molecule has 0 aromatic heterocycles. The summed E-state index contributed by atoms with van der Waals surface area (Å²) in [6.45, 7) is 1.79. The van der Waals surface area contributed by atoms with Gasteiger partial charge >= 0.3 is 5.97 Å². The lowest BCUT2D eigenvalue weighted by atomic mass is 9.88. The van der Waals surface area contributed by atoms with Crippen LogP contribution in [0.5, 0.6) is 0 Å². The Kier molecular flexibility index (Phi) is 2.69. The number of rotatable bonds is 4. The van der Waals surface area contributed by atoms with Crippen LogP contribution < -0.4 is 10.6 Å². The Hall–Kier alpha value is -1.05. The van der Waals surface area contributed by atoms with Crippen LogP contribution in [0.1, 0.15) is 6.42 Å². The topological polar surface area (TPSA) is 61.4 Å². The first-order valence-corrected chi connectivity index (χ1v) is 3.79. The fourth-order valence-electron chi connectivity index (χ4n) is 1.27. The van der Waals surface area contributed by atoms with Crippen molar-refractivity contribution in [3.8, 4) is 12.3 Å². The van der Waals surface area contributed by atoms with Gasteiger partial charge in [-0.15, -0.1) is 6.42 Å². The Labute approximate surface area is 71.3 Å². The standard InChI is InChI=1S/C8H12N2O2/c1-2-3-10-8(4-7(11)12)5-9-6-8/h1,9-10H,3-6H2,(H,11,12). The zero-order valence-corrected chi connectivity index (χ0v) is 6.76. The Bertz CT molecular complexity index is 216. The Morgan fingerprint density at radius 2 is 2.42 bits per heavy atom. The molecule has 0 saturated carbocycles. The van der Waals surface area contributed by atoms with E-state index in [1.165, 1.54) is 0 Å². The number of nitrogens with one attached hydrogen (secondary N) is 2. The third-order valence-electron chi connectivity index (χ3n) is 1.98. The molecular weight excluding hydrogens is 156 g/mol. The second kappa shape index (κ2) is 3.57. The van der Waals surface area contributed by atoms with E-state index in [0.717, 1.165) is 0 Å². The van der Waals surface area contributed by atoms with E-state index in [1.807, 2.05) is 0 Å². The van der Waals surface area contributed by atoms with Gasteiger partial charge in [-0.25, -0.2) is 0 Å². The molecule has 1 saturated heterocycles. The molecule has 0 atom stereocenters. The molecule has 3 N–H and O–H groups in total. The maximum atomic E-state index is 10.5. The Balaban J connectivity index is 2.40. The Morgan fingerprint density at radius 3 is 2.75 bits per heavy atom. The largest absolute Gasteiger partial charge is 0.481 e. The molecule has 0 aromatic rings. The van der Waals surface area contributed by atoms with Crippen LogP contribution in [-0.2, 0) is 4.79 Å². The predicted octanol–water partition coefficient (Wildman–Crippen LogP) is -0.974. The summed E-state index contributed by atoms with van der Waals surface area (Å²) >= 11 is 0. The third kappa shape index (κ3) is 1.97. The molecule has 0 unspecified atom stereocenters. The molecule has 4 heteroatoms. The van der Waals surface area contributed by atoms with Crippen molar-refractivity contribution < 1.29 is 9.90 Å². The molecule has 0 aliphatic carbocycles. The number of terminal acetylenes is 1. The minimum Gasteiger partial charge on any atom is -0.481 e. The van der Waals surface area contributed by atoms with E-state index in [4.69, 9.17) is 11.5 Å². The van der Waals surface area contributed by atoms with Crippen LogP contribution >= 0.6 is 0 Å². The summed E-state index contributed by atoms with van der Waals surface area (Å²) in [6.07, 6.45) is 5.19. The first kappa shape index (κ1) is 9.04.